The van der Waals surface area contributed by atoms with E-state index in [0.717, 1.165) is 32.5 Å². The number of nitrogens with zero attached hydrogens (tertiary/aromatic N) is 1. The summed E-state index contributed by atoms with van der Waals surface area (Å²) in [7, 11) is 1.73. The third-order valence-corrected chi connectivity index (χ3v) is 3.32. The summed E-state index contributed by atoms with van der Waals surface area (Å²) in [5.74, 6) is 0. The topological polar surface area (TPSA) is 34.1 Å². The van der Waals surface area contributed by atoms with E-state index in [2.05, 4.69) is 10.3 Å². The number of hydrogen-bond acceptors (Lipinski definition) is 4. The molecule has 4 heteroatoms. The lowest BCUT2D eigenvalue weighted by Gasteiger charge is -2.09. The molecule has 1 aliphatic rings. The largest absolute Gasteiger partial charge is 0.384 e. The van der Waals surface area contributed by atoms with Gasteiger partial charge >= 0.3 is 0 Å². The van der Waals surface area contributed by atoms with E-state index in [9.17, 15) is 0 Å². The lowest BCUT2D eigenvalue weighted by atomic mass is 10.2. The van der Waals surface area contributed by atoms with Gasteiger partial charge in [-0.25, -0.2) is 4.98 Å². The van der Waals surface area contributed by atoms with Crippen molar-refractivity contribution in [1.82, 2.24) is 10.3 Å². The zero-order valence-electron chi connectivity index (χ0n) is 7.80. The van der Waals surface area contributed by atoms with Crippen molar-refractivity contribution in [3.05, 3.63) is 15.6 Å². The van der Waals surface area contributed by atoms with Crippen molar-refractivity contribution >= 4 is 11.3 Å². The minimum absolute atomic E-state index is 0.778. The van der Waals surface area contributed by atoms with Crippen LogP contribution in [0.25, 0.3) is 0 Å². The van der Waals surface area contributed by atoms with Gasteiger partial charge in [-0.05, 0) is 0 Å². The third-order valence-electron chi connectivity index (χ3n) is 2.17. The smallest absolute Gasteiger partial charge is 0.0954 e. The molecule has 72 valence electrons. The lowest BCUT2D eigenvalue weighted by Crippen LogP contribution is -2.22. The lowest BCUT2D eigenvalue weighted by molar-refractivity contribution is 0.202. The summed E-state index contributed by atoms with van der Waals surface area (Å²) in [6.07, 6.45) is 2.03. The Morgan fingerprint density at radius 1 is 1.62 bits per heavy atom. The second-order valence-electron chi connectivity index (χ2n) is 3.15. The highest BCUT2D eigenvalue weighted by Gasteiger charge is 2.13. The molecular weight excluding hydrogens is 184 g/mol. The van der Waals surface area contributed by atoms with Crippen LogP contribution >= 0.6 is 11.3 Å². The molecule has 0 amide bonds. The van der Waals surface area contributed by atoms with Gasteiger partial charge in [0.25, 0.3) is 0 Å². The van der Waals surface area contributed by atoms with Gasteiger partial charge < -0.3 is 10.1 Å². The number of rotatable bonds is 3. The van der Waals surface area contributed by atoms with Crippen LogP contribution in [0.15, 0.2) is 0 Å². The van der Waals surface area contributed by atoms with Crippen molar-refractivity contribution < 1.29 is 4.74 Å². The van der Waals surface area contributed by atoms with Crippen LogP contribution in [0.1, 0.15) is 15.6 Å². The van der Waals surface area contributed by atoms with Gasteiger partial charge in [0.15, 0.2) is 0 Å². The van der Waals surface area contributed by atoms with E-state index in [0.29, 0.717) is 0 Å². The molecule has 3 nitrogen and oxygen atoms in total. The van der Waals surface area contributed by atoms with E-state index in [1.165, 1.54) is 15.6 Å². The number of hydrogen-bond donors (Lipinski definition) is 1. The molecule has 1 aliphatic heterocycles. The molecule has 0 spiro atoms. The van der Waals surface area contributed by atoms with Gasteiger partial charge in [0.05, 0.1) is 17.3 Å². The Bertz CT molecular complexity index is 262. The first-order chi connectivity index (χ1) is 6.40. The summed E-state index contributed by atoms with van der Waals surface area (Å²) in [6.45, 7) is 2.85. The van der Waals surface area contributed by atoms with Gasteiger partial charge in [0.1, 0.15) is 0 Å². The van der Waals surface area contributed by atoms with Gasteiger partial charge in [0.2, 0.25) is 0 Å². The van der Waals surface area contributed by atoms with E-state index >= 15 is 0 Å². The molecule has 2 heterocycles. The molecule has 0 aromatic carbocycles. The Morgan fingerprint density at radius 3 is 3.31 bits per heavy atom. The van der Waals surface area contributed by atoms with Crippen molar-refractivity contribution in [3.63, 3.8) is 0 Å². The van der Waals surface area contributed by atoms with E-state index in [4.69, 9.17) is 4.74 Å². The maximum Gasteiger partial charge on any atom is 0.0954 e. The van der Waals surface area contributed by atoms with Crippen LogP contribution in [0.5, 0.6) is 0 Å². The predicted molar refractivity (Wildman–Crippen MR) is 53.1 cm³/mol. The number of aromatic nitrogens is 1. The molecule has 1 N–H and O–H groups in total. The monoisotopic (exact) mass is 198 g/mol. The van der Waals surface area contributed by atoms with E-state index in [1.54, 1.807) is 7.11 Å². The number of fused-ring (bicyclic) bond motifs is 1. The summed E-state index contributed by atoms with van der Waals surface area (Å²) in [4.78, 5) is 6.00. The van der Waals surface area contributed by atoms with E-state index < -0.39 is 0 Å². The van der Waals surface area contributed by atoms with Crippen molar-refractivity contribution in [3.8, 4) is 0 Å². The molecule has 0 bridgehead atoms. The first kappa shape index (κ1) is 9.12. The van der Waals surface area contributed by atoms with E-state index in [-0.39, 0.29) is 0 Å². The first-order valence-electron chi connectivity index (χ1n) is 4.57. The van der Waals surface area contributed by atoms with Crippen LogP contribution in [-0.2, 0) is 24.1 Å². The Kier molecular flexibility index (Phi) is 2.93. The summed E-state index contributed by atoms with van der Waals surface area (Å²) >= 11 is 1.82. The fraction of sp³-hybridized carbons (Fsp3) is 0.667. The number of thiazole rings is 1. The van der Waals surface area contributed by atoms with Gasteiger partial charge in [-0.1, -0.05) is 0 Å². The molecule has 0 saturated heterocycles. The van der Waals surface area contributed by atoms with Crippen LogP contribution < -0.4 is 5.32 Å². The first-order valence-corrected chi connectivity index (χ1v) is 5.39. The zero-order chi connectivity index (χ0) is 9.10. The highest BCUT2D eigenvalue weighted by atomic mass is 32.1. The minimum atomic E-state index is 0.778. The molecule has 0 saturated carbocycles. The van der Waals surface area contributed by atoms with Gasteiger partial charge in [-0.3, -0.25) is 0 Å². The third kappa shape index (κ3) is 2.07. The predicted octanol–water partition coefficient (Wildman–Crippen LogP) is 0.978. The number of nitrogens with one attached hydrogen (secondary N) is 1. The van der Waals surface area contributed by atoms with Crippen LogP contribution in [0, 0.1) is 0 Å². The molecule has 0 aliphatic carbocycles. The second kappa shape index (κ2) is 4.17. The molecule has 0 fully saturated rings. The molecule has 0 radical (unpaired) electrons. The Morgan fingerprint density at radius 2 is 2.54 bits per heavy atom. The zero-order valence-corrected chi connectivity index (χ0v) is 8.62. The summed E-state index contributed by atoms with van der Waals surface area (Å²) in [6, 6.07) is 0. The van der Waals surface area contributed by atoms with E-state index in [1.807, 2.05) is 11.3 Å². The highest BCUT2D eigenvalue weighted by molar-refractivity contribution is 7.11. The van der Waals surface area contributed by atoms with Crippen LogP contribution in [0.2, 0.25) is 0 Å². The molecule has 1 aromatic rings. The fourth-order valence-electron chi connectivity index (χ4n) is 1.48. The van der Waals surface area contributed by atoms with Gasteiger partial charge in [-0.2, -0.15) is 0 Å². The molecular formula is C9H14N2OS. The fourth-order valence-corrected chi connectivity index (χ4v) is 2.54. The van der Waals surface area contributed by atoms with Crippen LogP contribution in [0.3, 0.4) is 0 Å². The molecule has 1 aromatic heterocycles. The maximum atomic E-state index is 5.03. The van der Waals surface area contributed by atoms with Crippen molar-refractivity contribution in [2.75, 3.05) is 20.3 Å². The Hall–Kier alpha value is -0.450. The van der Waals surface area contributed by atoms with Gasteiger partial charge in [-0.15, -0.1) is 11.3 Å². The molecule has 0 atom stereocenters. The van der Waals surface area contributed by atoms with Crippen molar-refractivity contribution in [2.24, 2.45) is 0 Å². The average molecular weight is 198 g/mol. The summed E-state index contributed by atoms with van der Waals surface area (Å²) < 4.78 is 5.03. The van der Waals surface area contributed by atoms with Crippen molar-refractivity contribution in [2.45, 2.75) is 19.4 Å². The Balaban J connectivity index is 2.07. The maximum absolute atomic E-state index is 5.03. The van der Waals surface area contributed by atoms with Gasteiger partial charge in [0, 0.05) is 37.9 Å². The standard InChI is InChI=1S/C9H14N2OS/c1-12-5-3-9-11-7-2-4-10-6-8(7)13-9/h10H,2-6H2,1H3. The highest BCUT2D eigenvalue weighted by Crippen LogP contribution is 2.21. The number of methoxy groups -OCH3 is 1. The van der Waals surface area contributed by atoms with Crippen LogP contribution in [-0.4, -0.2) is 25.2 Å². The normalized spacial score (nSPS) is 15.8. The number of ether oxygens (including phenoxy) is 1. The molecule has 13 heavy (non-hydrogen) atoms. The SMILES string of the molecule is COCCc1nc2c(s1)CNCC2. The quantitative estimate of drug-likeness (QED) is 0.786. The van der Waals surface area contributed by atoms with Crippen LogP contribution in [0.4, 0.5) is 0 Å². The second-order valence-corrected chi connectivity index (χ2v) is 4.32. The summed E-state index contributed by atoms with van der Waals surface area (Å²) in [5, 5.41) is 4.57. The molecule has 2 rings (SSSR count). The minimum Gasteiger partial charge on any atom is -0.384 e. The molecule has 0 unspecified atom stereocenters. The Labute approximate surface area is 82.1 Å². The average Bonchev–Trinajstić information content (AvgIpc) is 2.57. The summed E-state index contributed by atoms with van der Waals surface area (Å²) in [5.41, 5.74) is 1.30. The van der Waals surface area contributed by atoms with Crippen molar-refractivity contribution in [1.29, 1.82) is 0 Å².